The first-order chi connectivity index (χ1) is 11.0. The van der Waals surface area contributed by atoms with Gasteiger partial charge in [0.25, 0.3) is 0 Å². The van der Waals surface area contributed by atoms with E-state index in [0.29, 0.717) is 24.3 Å². The Morgan fingerprint density at radius 2 is 1.83 bits per heavy atom. The fourth-order valence-corrected chi connectivity index (χ4v) is 1.99. The SMILES string of the molecule is CCC(C)NC(=O)CNC(=O)CCc1ccc(OC)c(OC)c1. The van der Waals surface area contributed by atoms with Crippen molar-refractivity contribution in [1.29, 1.82) is 0 Å². The normalized spacial score (nSPS) is 11.5. The number of aryl methyl sites for hydroxylation is 1. The Morgan fingerprint density at radius 1 is 1.13 bits per heavy atom. The van der Waals surface area contributed by atoms with E-state index in [4.69, 9.17) is 9.47 Å². The number of nitrogens with one attached hydrogen (secondary N) is 2. The third kappa shape index (κ3) is 6.59. The van der Waals surface area contributed by atoms with Crippen LogP contribution in [0, 0.1) is 0 Å². The predicted octanol–water partition coefficient (Wildman–Crippen LogP) is 1.67. The lowest BCUT2D eigenvalue weighted by atomic mass is 10.1. The molecule has 2 N–H and O–H groups in total. The van der Waals surface area contributed by atoms with E-state index in [9.17, 15) is 9.59 Å². The summed E-state index contributed by atoms with van der Waals surface area (Å²) in [6.45, 7) is 3.93. The first-order valence-electron chi connectivity index (χ1n) is 7.77. The second-order valence-electron chi connectivity index (χ2n) is 5.34. The average Bonchev–Trinajstić information content (AvgIpc) is 2.57. The Kier molecular flexibility index (Phi) is 7.94. The molecule has 0 aromatic heterocycles. The van der Waals surface area contributed by atoms with Gasteiger partial charge >= 0.3 is 0 Å². The van der Waals surface area contributed by atoms with E-state index in [0.717, 1.165) is 12.0 Å². The van der Waals surface area contributed by atoms with Crippen molar-refractivity contribution in [3.05, 3.63) is 23.8 Å². The molecule has 0 bridgehead atoms. The lowest BCUT2D eigenvalue weighted by Gasteiger charge is -2.12. The number of carbonyl (C=O) groups is 2. The largest absolute Gasteiger partial charge is 0.493 e. The van der Waals surface area contributed by atoms with Gasteiger partial charge in [0.2, 0.25) is 11.8 Å². The third-order valence-electron chi connectivity index (χ3n) is 3.55. The molecular formula is C17H26N2O4. The molecule has 6 heteroatoms. The lowest BCUT2D eigenvalue weighted by molar-refractivity contribution is -0.126. The summed E-state index contributed by atoms with van der Waals surface area (Å²) < 4.78 is 10.4. The minimum absolute atomic E-state index is 0.00903. The monoisotopic (exact) mass is 322 g/mol. The van der Waals surface area contributed by atoms with Crippen molar-refractivity contribution in [3.63, 3.8) is 0 Å². The minimum atomic E-state index is -0.168. The highest BCUT2D eigenvalue weighted by molar-refractivity contribution is 5.84. The van der Waals surface area contributed by atoms with Gasteiger partial charge in [0.15, 0.2) is 11.5 Å². The Balaban J connectivity index is 2.40. The highest BCUT2D eigenvalue weighted by atomic mass is 16.5. The quantitative estimate of drug-likeness (QED) is 0.725. The Morgan fingerprint density at radius 3 is 2.43 bits per heavy atom. The molecule has 1 aromatic rings. The molecule has 2 amide bonds. The first kappa shape index (κ1) is 18.8. The van der Waals surface area contributed by atoms with Crippen molar-refractivity contribution in [2.45, 2.75) is 39.2 Å². The summed E-state index contributed by atoms with van der Waals surface area (Å²) in [4.78, 5) is 23.4. The van der Waals surface area contributed by atoms with E-state index >= 15 is 0 Å². The maximum atomic E-state index is 11.8. The zero-order valence-electron chi connectivity index (χ0n) is 14.3. The number of carbonyl (C=O) groups excluding carboxylic acids is 2. The van der Waals surface area contributed by atoms with Crippen molar-refractivity contribution < 1.29 is 19.1 Å². The van der Waals surface area contributed by atoms with Crippen molar-refractivity contribution in [3.8, 4) is 11.5 Å². The second kappa shape index (κ2) is 9.71. The van der Waals surface area contributed by atoms with E-state index in [1.807, 2.05) is 32.0 Å². The molecule has 6 nitrogen and oxygen atoms in total. The van der Waals surface area contributed by atoms with Crippen molar-refractivity contribution >= 4 is 11.8 Å². The number of rotatable bonds is 9. The molecule has 0 aliphatic carbocycles. The molecule has 0 radical (unpaired) electrons. The number of amides is 2. The van der Waals surface area contributed by atoms with Crippen LogP contribution < -0.4 is 20.1 Å². The van der Waals surface area contributed by atoms with Crippen LogP contribution in [-0.4, -0.2) is 38.6 Å². The predicted molar refractivity (Wildman–Crippen MR) is 88.8 cm³/mol. The summed E-state index contributed by atoms with van der Waals surface area (Å²) in [5.74, 6) is 0.971. The molecule has 0 spiro atoms. The van der Waals surface area contributed by atoms with Crippen LogP contribution in [0.5, 0.6) is 11.5 Å². The number of hydrogen-bond acceptors (Lipinski definition) is 4. The first-order valence-corrected chi connectivity index (χ1v) is 7.77. The molecule has 1 rings (SSSR count). The van der Waals surface area contributed by atoms with Gasteiger partial charge in [0.05, 0.1) is 20.8 Å². The highest BCUT2D eigenvalue weighted by Crippen LogP contribution is 2.27. The number of benzene rings is 1. The van der Waals surface area contributed by atoms with Gasteiger partial charge < -0.3 is 20.1 Å². The van der Waals surface area contributed by atoms with Crippen LogP contribution in [0.3, 0.4) is 0 Å². The van der Waals surface area contributed by atoms with Gasteiger partial charge in [0.1, 0.15) is 0 Å². The van der Waals surface area contributed by atoms with Gasteiger partial charge in [-0.3, -0.25) is 9.59 Å². The van der Waals surface area contributed by atoms with E-state index in [2.05, 4.69) is 10.6 Å². The molecule has 128 valence electrons. The Hall–Kier alpha value is -2.24. The number of ether oxygens (including phenoxy) is 2. The van der Waals surface area contributed by atoms with Crippen LogP contribution in [0.1, 0.15) is 32.3 Å². The Bertz CT molecular complexity index is 531. The van der Waals surface area contributed by atoms with Gasteiger partial charge in [-0.15, -0.1) is 0 Å². The molecule has 0 saturated heterocycles. The third-order valence-corrected chi connectivity index (χ3v) is 3.55. The summed E-state index contributed by atoms with van der Waals surface area (Å²) in [6, 6.07) is 5.67. The van der Waals surface area contributed by atoms with Crippen LogP contribution in [0.25, 0.3) is 0 Å². The smallest absolute Gasteiger partial charge is 0.239 e. The van der Waals surface area contributed by atoms with E-state index in [1.54, 1.807) is 14.2 Å². The maximum Gasteiger partial charge on any atom is 0.239 e. The molecule has 0 aliphatic heterocycles. The van der Waals surface area contributed by atoms with Crippen LogP contribution >= 0.6 is 0 Å². The van der Waals surface area contributed by atoms with Crippen molar-refractivity contribution in [1.82, 2.24) is 10.6 Å². The van der Waals surface area contributed by atoms with Gasteiger partial charge in [-0.05, 0) is 37.5 Å². The summed E-state index contributed by atoms with van der Waals surface area (Å²) >= 11 is 0. The zero-order valence-corrected chi connectivity index (χ0v) is 14.3. The lowest BCUT2D eigenvalue weighted by Crippen LogP contribution is -2.40. The fourth-order valence-electron chi connectivity index (χ4n) is 1.99. The molecular weight excluding hydrogens is 296 g/mol. The topological polar surface area (TPSA) is 76.7 Å². The van der Waals surface area contributed by atoms with Gasteiger partial charge in [-0.1, -0.05) is 13.0 Å². The van der Waals surface area contributed by atoms with E-state index in [1.165, 1.54) is 0 Å². The second-order valence-corrected chi connectivity index (χ2v) is 5.34. The van der Waals surface area contributed by atoms with Crippen LogP contribution in [0.2, 0.25) is 0 Å². The van der Waals surface area contributed by atoms with E-state index < -0.39 is 0 Å². The molecule has 23 heavy (non-hydrogen) atoms. The summed E-state index contributed by atoms with van der Waals surface area (Å²) in [7, 11) is 3.15. The highest BCUT2D eigenvalue weighted by Gasteiger charge is 2.09. The standard InChI is InChI=1S/C17H26N2O4/c1-5-12(2)19-17(21)11-18-16(20)9-7-13-6-8-14(22-3)15(10-13)23-4/h6,8,10,12H,5,7,9,11H2,1-4H3,(H,18,20)(H,19,21). The molecule has 0 heterocycles. The summed E-state index contributed by atoms with van der Waals surface area (Å²) in [5, 5.41) is 5.43. The average molecular weight is 322 g/mol. The van der Waals surface area contributed by atoms with Crippen molar-refractivity contribution in [2.75, 3.05) is 20.8 Å². The van der Waals surface area contributed by atoms with E-state index in [-0.39, 0.29) is 24.4 Å². The minimum Gasteiger partial charge on any atom is -0.493 e. The molecule has 1 atom stereocenters. The van der Waals surface area contributed by atoms with Crippen LogP contribution in [0.4, 0.5) is 0 Å². The maximum absolute atomic E-state index is 11.8. The molecule has 0 fully saturated rings. The fraction of sp³-hybridized carbons (Fsp3) is 0.529. The van der Waals surface area contributed by atoms with Gasteiger partial charge in [0, 0.05) is 12.5 Å². The van der Waals surface area contributed by atoms with Crippen LogP contribution in [-0.2, 0) is 16.0 Å². The molecule has 1 unspecified atom stereocenters. The van der Waals surface area contributed by atoms with Gasteiger partial charge in [-0.2, -0.15) is 0 Å². The van der Waals surface area contributed by atoms with Crippen LogP contribution in [0.15, 0.2) is 18.2 Å². The molecule has 0 saturated carbocycles. The molecule has 0 aliphatic rings. The van der Waals surface area contributed by atoms with Crippen molar-refractivity contribution in [2.24, 2.45) is 0 Å². The Labute approximate surface area is 137 Å². The number of methoxy groups -OCH3 is 2. The summed E-state index contributed by atoms with van der Waals surface area (Å²) in [6.07, 6.45) is 1.74. The molecule has 1 aromatic carbocycles. The number of hydrogen-bond donors (Lipinski definition) is 2. The summed E-state index contributed by atoms with van der Waals surface area (Å²) in [5.41, 5.74) is 0.974. The zero-order chi connectivity index (χ0) is 17.2. The van der Waals surface area contributed by atoms with Gasteiger partial charge in [-0.25, -0.2) is 0 Å².